The zero-order valence-corrected chi connectivity index (χ0v) is 21.4. The van der Waals surface area contributed by atoms with Gasteiger partial charge in [-0.2, -0.15) is 5.06 Å². The molecule has 35 heavy (non-hydrogen) atoms. The van der Waals surface area contributed by atoms with Gasteiger partial charge in [0.25, 0.3) is 0 Å². The van der Waals surface area contributed by atoms with Gasteiger partial charge < -0.3 is 10.2 Å². The van der Waals surface area contributed by atoms with Crippen molar-refractivity contribution in [1.29, 1.82) is 0 Å². The van der Waals surface area contributed by atoms with Crippen molar-refractivity contribution in [3.8, 4) is 0 Å². The number of nitrogens with zero attached hydrogens (tertiary/aromatic N) is 1. The van der Waals surface area contributed by atoms with Gasteiger partial charge in [-0.3, -0.25) is 9.63 Å². The summed E-state index contributed by atoms with van der Waals surface area (Å²) in [5.74, 6) is -2.12. The third-order valence-corrected chi connectivity index (χ3v) is 10.6. The average Bonchev–Trinajstić information content (AvgIpc) is 3.29. The Morgan fingerprint density at radius 3 is 2.57 bits per heavy atom. The van der Waals surface area contributed by atoms with Gasteiger partial charge in [0.2, 0.25) is 0 Å². The Hall–Kier alpha value is -1.57. The first-order valence-corrected chi connectivity index (χ1v) is 13.5. The predicted octanol–water partition coefficient (Wildman–Crippen LogP) is 4.62. The fraction of sp³-hybridized carbons (Fsp3) is 0.786. The van der Waals surface area contributed by atoms with Crippen LogP contribution in [0.4, 0.5) is 4.39 Å². The number of hydroxylamine groups is 2. The van der Waals surface area contributed by atoms with Crippen LogP contribution >= 0.6 is 0 Å². The molecule has 0 aromatic rings. The molecule has 0 spiro atoms. The number of carbonyl (C=O) groups excluding carboxylic acids is 1. The van der Waals surface area contributed by atoms with Crippen LogP contribution in [0, 0.1) is 28.6 Å². The topological polar surface area (TPSA) is 87.1 Å². The van der Waals surface area contributed by atoms with E-state index >= 15 is 4.39 Å². The summed E-state index contributed by atoms with van der Waals surface area (Å²) in [6.07, 6.45) is 8.77. The van der Waals surface area contributed by atoms with Crippen molar-refractivity contribution in [1.82, 2.24) is 5.06 Å². The lowest BCUT2D eigenvalue weighted by atomic mass is 9.45. The molecule has 5 rings (SSSR count). The Bertz CT molecular complexity index is 974. The van der Waals surface area contributed by atoms with Crippen molar-refractivity contribution >= 4 is 11.8 Å². The van der Waals surface area contributed by atoms with Crippen LogP contribution in [-0.4, -0.2) is 57.0 Å². The standard InChI is InChI=1S/C28H40FNO5/c1-5-7-19(8-6-2)30-16-18-14-22-21-10-9-17-13-20(31)11-12-25(17,3)27(21,29)23(32)15-26(22,4)28(18,35-30)24(33)34/h11-13,18-19,21-23,32H,5-10,14-16H2,1-4H3,(H,33,34)/t18-,21-,22-,23-,25-,26-,27-,28-/m0/s1. The molecule has 0 unspecified atom stereocenters. The van der Waals surface area contributed by atoms with E-state index in [-0.39, 0.29) is 30.1 Å². The molecular formula is C28H40FNO5. The second kappa shape index (κ2) is 8.22. The number of rotatable bonds is 6. The number of hydrogen-bond acceptors (Lipinski definition) is 5. The van der Waals surface area contributed by atoms with E-state index < -0.39 is 40.1 Å². The highest BCUT2D eigenvalue weighted by Crippen LogP contribution is 2.72. The summed E-state index contributed by atoms with van der Waals surface area (Å²) in [7, 11) is 0. The fourth-order valence-corrected chi connectivity index (χ4v) is 8.96. The van der Waals surface area contributed by atoms with Crippen LogP contribution < -0.4 is 0 Å². The third-order valence-electron chi connectivity index (χ3n) is 10.6. The van der Waals surface area contributed by atoms with Gasteiger partial charge in [0.05, 0.1) is 6.10 Å². The number of alkyl halides is 1. The van der Waals surface area contributed by atoms with E-state index in [9.17, 15) is 19.8 Å². The molecule has 194 valence electrons. The average molecular weight is 490 g/mol. The number of carboxylic acid groups (broad SMARTS) is 1. The van der Waals surface area contributed by atoms with E-state index in [2.05, 4.69) is 13.8 Å². The van der Waals surface area contributed by atoms with Gasteiger partial charge in [0.15, 0.2) is 17.1 Å². The number of carbonyl (C=O) groups is 2. The molecule has 6 nitrogen and oxygen atoms in total. The van der Waals surface area contributed by atoms with E-state index in [1.807, 2.05) is 12.0 Å². The maximum atomic E-state index is 17.3. The lowest BCUT2D eigenvalue weighted by molar-refractivity contribution is -0.281. The maximum absolute atomic E-state index is 17.3. The zero-order valence-electron chi connectivity index (χ0n) is 21.4. The number of hydrogen-bond donors (Lipinski definition) is 2. The van der Waals surface area contributed by atoms with E-state index in [1.54, 1.807) is 13.0 Å². The van der Waals surface area contributed by atoms with Gasteiger partial charge in [-0.1, -0.05) is 45.3 Å². The molecule has 0 bridgehead atoms. The van der Waals surface area contributed by atoms with E-state index in [0.717, 1.165) is 31.3 Å². The Kier molecular flexibility index (Phi) is 5.89. The highest BCUT2D eigenvalue weighted by molar-refractivity contribution is 6.01. The molecule has 0 radical (unpaired) electrons. The lowest BCUT2D eigenvalue weighted by Crippen LogP contribution is -2.69. The summed E-state index contributed by atoms with van der Waals surface area (Å²) >= 11 is 0. The first-order valence-electron chi connectivity index (χ1n) is 13.5. The van der Waals surface area contributed by atoms with Crippen LogP contribution in [-0.2, 0) is 14.4 Å². The molecule has 8 atom stereocenters. The summed E-state index contributed by atoms with van der Waals surface area (Å²) in [6.45, 7) is 8.49. The van der Waals surface area contributed by atoms with Crippen LogP contribution in [0.3, 0.4) is 0 Å². The Morgan fingerprint density at radius 2 is 1.94 bits per heavy atom. The number of aliphatic hydroxyl groups excluding tert-OH is 1. The predicted molar refractivity (Wildman–Crippen MR) is 129 cm³/mol. The minimum absolute atomic E-state index is 0.0260. The number of aliphatic hydroxyl groups is 1. The molecule has 0 amide bonds. The van der Waals surface area contributed by atoms with Gasteiger partial charge in [-0.15, -0.1) is 0 Å². The van der Waals surface area contributed by atoms with Crippen molar-refractivity contribution in [3.63, 3.8) is 0 Å². The number of ketones is 1. The monoisotopic (exact) mass is 489 g/mol. The quantitative estimate of drug-likeness (QED) is 0.566. The Labute approximate surface area is 207 Å². The highest BCUT2D eigenvalue weighted by Gasteiger charge is 2.79. The maximum Gasteiger partial charge on any atom is 0.339 e. The smallest absolute Gasteiger partial charge is 0.339 e. The summed E-state index contributed by atoms with van der Waals surface area (Å²) in [6, 6.07) is 0.161. The van der Waals surface area contributed by atoms with E-state index in [1.165, 1.54) is 12.2 Å². The van der Waals surface area contributed by atoms with Crippen LogP contribution in [0.1, 0.15) is 79.1 Å². The second-order valence-corrected chi connectivity index (χ2v) is 12.2. The molecule has 2 N–H and O–H groups in total. The van der Waals surface area contributed by atoms with Crippen molar-refractivity contribution in [2.24, 2.45) is 28.6 Å². The van der Waals surface area contributed by atoms with Crippen molar-refractivity contribution in [2.75, 3.05) is 6.54 Å². The summed E-state index contributed by atoms with van der Waals surface area (Å²) < 4.78 is 17.3. The van der Waals surface area contributed by atoms with Crippen molar-refractivity contribution in [3.05, 3.63) is 23.8 Å². The normalized spacial score (nSPS) is 46.7. The molecule has 1 saturated heterocycles. The van der Waals surface area contributed by atoms with Crippen LogP contribution in [0.5, 0.6) is 0 Å². The van der Waals surface area contributed by atoms with E-state index in [4.69, 9.17) is 4.84 Å². The van der Waals surface area contributed by atoms with Gasteiger partial charge in [0, 0.05) is 35.3 Å². The zero-order chi connectivity index (χ0) is 25.4. The van der Waals surface area contributed by atoms with Crippen molar-refractivity contribution < 1.29 is 29.0 Å². The molecule has 4 fully saturated rings. The molecule has 5 aliphatic rings. The molecule has 1 heterocycles. The third kappa shape index (κ3) is 3.04. The van der Waals surface area contributed by atoms with E-state index in [0.29, 0.717) is 25.8 Å². The first-order chi connectivity index (χ1) is 16.5. The van der Waals surface area contributed by atoms with Gasteiger partial charge in [0.1, 0.15) is 0 Å². The molecule has 0 aromatic carbocycles. The lowest BCUT2D eigenvalue weighted by Gasteiger charge is -2.62. The molecular weight excluding hydrogens is 449 g/mol. The number of aliphatic carboxylic acids is 1. The molecule has 1 aliphatic heterocycles. The van der Waals surface area contributed by atoms with Gasteiger partial charge in [-0.05, 0) is 63.5 Å². The van der Waals surface area contributed by atoms with Crippen LogP contribution in [0.15, 0.2) is 23.8 Å². The van der Waals surface area contributed by atoms with Crippen LogP contribution in [0.2, 0.25) is 0 Å². The van der Waals surface area contributed by atoms with Gasteiger partial charge >= 0.3 is 5.97 Å². The number of fused-ring (bicyclic) bond motifs is 7. The highest BCUT2D eigenvalue weighted by atomic mass is 19.1. The number of halogens is 1. The summed E-state index contributed by atoms with van der Waals surface area (Å²) in [5, 5.41) is 24.1. The largest absolute Gasteiger partial charge is 0.479 e. The van der Waals surface area contributed by atoms with Gasteiger partial charge in [-0.25, -0.2) is 9.18 Å². The minimum Gasteiger partial charge on any atom is -0.479 e. The Balaban J connectivity index is 1.54. The Morgan fingerprint density at radius 1 is 1.26 bits per heavy atom. The molecule has 0 aromatic heterocycles. The molecule has 3 saturated carbocycles. The van der Waals surface area contributed by atoms with Crippen LogP contribution in [0.25, 0.3) is 0 Å². The number of carboxylic acids is 1. The van der Waals surface area contributed by atoms with Crippen molar-refractivity contribution in [2.45, 2.75) is 102 Å². The number of allylic oxidation sites excluding steroid dienone is 4. The summed E-state index contributed by atoms with van der Waals surface area (Å²) in [4.78, 5) is 31.6. The summed E-state index contributed by atoms with van der Waals surface area (Å²) in [5.41, 5.74) is -4.65. The second-order valence-electron chi connectivity index (χ2n) is 12.2. The molecule has 7 heteroatoms. The first kappa shape index (κ1) is 25.1. The SMILES string of the molecule is CCCC(CCC)N1C[C@@H]2C[C@H]3[C@@H]4CCC5=CC(=O)C=C[C@]5(C)[C@@]4(F)[C@@H](O)C[C@]3(C)[C@]2(C(=O)O)O1. The fourth-order valence-electron chi connectivity index (χ4n) is 8.96. The minimum atomic E-state index is -1.95. The molecule has 4 aliphatic carbocycles.